The minimum atomic E-state index is 0.00981. The third-order valence-electron chi connectivity index (χ3n) is 3.40. The van der Waals surface area contributed by atoms with E-state index in [1.807, 2.05) is 19.1 Å². The van der Waals surface area contributed by atoms with Gasteiger partial charge >= 0.3 is 0 Å². The number of carbonyl (C=O) groups excluding carboxylic acids is 1. The summed E-state index contributed by atoms with van der Waals surface area (Å²) in [4.78, 5) is 14.3. The number of rotatable bonds is 6. The molecule has 0 spiro atoms. The van der Waals surface area contributed by atoms with Gasteiger partial charge in [-0.1, -0.05) is 37.6 Å². The van der Waals surface area contributed by atoms with Crippen LogP contribution in [-0.4, -0.2) is 29.9 Å². The quantitative estimate of drug-likeness (QED) is 0.863. The lowest BCUT2D eigenvalue weighted by atomic mass is 10.1. The molecule has 0 aliphatic carbocycles. The van der Waals surface area contributed by atoms with Crippen LogP contribution in [0.15, 0.2) is 18.2 Å². The number of nitrogens with one attached hydrogen (secondary N) is 1. The molecule has 0 aromatic heterocycles. The minimum Gasteiger partial charge on any atom is -0.325 e. The van der Waals surface area contributed by atoms with Crippen LogP contribution in [0.5, 0.6) is 0 Å². The SMILES string of the molecule is CCN(CC)C(C)CC(=O)Nc1c(C)cccc1Cl. The van der Waals surface area contributed by atoms with Gasteiger partial charge in [-0.25, -0.2) is 0 Å². The summed E-state index contributed by atoms with van der Waals surface area (Å²) in [7, 11) is 0. The zero-order valence-corrected chi connectivity index (χ0v) is 12.9. The highest BCUT2D eigenvalue weighted by molar-refractivity contribution is 6.33. The third kappa shape index (κ3) is 4.51. The zero-order valence-electron chi connectivity index (χ0n) is 12.2. The van der Waals surface area contributed by atoms with Crippen molar-refractivity contribution < 1.29 is 4.79 Å². The van der Waals surface area contributed by atoms with E-state index in [1.54, 1.807) is 6.07 Å². The standard InChI is InChI=1S/C15H23ClN2O/c1-5-18(6-2)12(4)10-14(19)17-15-11(3)8-7-9-13(15)16/h7-9,12H,5-6,10H2,1-4H3,(H,17,19). The molecular formula is C15H23ClN2O. The Hall–Kier alpha value is -1.06. The van der Waals surface area contributed by atoms with Crippen molar-refractivity contribution in [1.82, 2.24) is 4.90 Å². The fraction of sp³-hybridized carbons (Fsp3) is 0.533. The molecule has 19 heavy (non-hydrogen) atoms. The summed E-state index contributed by atoms with van der Waals surface area (Å²) in [5.41, 5.74) is 1.71. The number of halogens is 1. The summed E-state index contributed by atoms with van der Waals surface area (Å²) in [6, 6.07) is 5.84. The highest BCUT2D eigenvalue weighted by Gasteiger charge is 2.15. The average molecular weight is 283 g/mol. The molecule has 0 bridgehead atoms. The topological polar surface area (TPSA) is 32.3 Å². The number of carbonyl (C=O) groups is 1. The Bertz CT molecular complexity index is 410. The highest BCUT2D eigenvalue weighted by Crippen LogP contribution is 2.25. The fourth-order valence-electron chi connectivity index (χ4n) is 2.23. The van der Waals surface area contributed by atoms with Crippen LogP contribution in [-0.2, 0) is 4.79 Å². The van der Waals surface area contributed by atoms with Crippen LogP contribution in [0.25, 0.3) is 0 Å². The number of benzene rings is 1. The molecule has 0 aliphatic heterocycles. The Morgan fingerprint density at radius 1 is 1.37 bits per heavy atom. The molecule has 0 saturated carbocycles. The number of nitrogens with zero attached hydrogens (tertiary/aromatic N) is 1. The normalized spacial score (nSPS) is 12.5. The molecule has 4 heteroatoms. The van der Waals surface area contributed by atoms with Gasteiger partial charge in [-0.3, -0.25) is 4.79 Å². The van der Waals surface area contributed by atoms with Crippen molar-refractivity contribution in [3.63, 3.8) is 0 Å². The van der Waals surface area contributed by atoms with E-state index in [1.165, 1.54) is 0 Å². The molecule has 0 fully saturated rings. The monoisotopic (exact) mass is 282 g/mol. The second kappa shape index (κ2) is 7.51. The van der Waals surface area contributed by atoms with Crippen LogP contribution in [0.2, 0.25) is 5.02 Å². The number of anilines is 1. The predicted octanol–water partition coefficient (Wildman–Crippen LogP) is 3.71. The highest BCUT2D eigenvalue weighted by atomic mass is 35.5. The largest absolute Gasteiger partial charge is 0.325 e. The summed E-state index contributed by atoms with van der Waals surface area (Å²) in [6.07, 6.45) is 0.479. The van der Waals surface area contributed by atoms with Gasteiger partial charge in [0, 0.05) is 12.5 Å². The zero-order chi connectivity index (χ0) is 14.4. The van der Waals surface area contributed by atoms with Crippen molar-refractivity contribution in [3.8, 4) is 0 Å². The number of aryl methyl sites for hydroxylation is 1. The van der Waals surface area contributed by atoms with Crippen molar-refractivity contribution in [3.05, 3.63) is 28.8 Å². The second-order valence-corrected chi connectivity index (χ2v) is 5.16. The van der Waals surface area contributed by atoms with Gasteiger partial charge in [-0.15, -0.1) is 0 Å². The van der Waals surface area contributed by atoms with E-state index in [2.05, 4.69) is 31.0 Å². The molecule has 106 valence electrons. The minimum absolute atomic E-state index is 0.00981. The smallest absolute Gasteiger partial charge is 0.225 e. The first-order chi connectivity index (χ1) is 8.99. The second-order valence-electron chi connectivity index (χ2n) is 4.75. The van der Waals surface area contributed by atoms with E-state index < -0.39 is 0 Å². The van der Waals surface area contributed by atoms with Crippen LogP contribution in [0.4, 0.5) is 5.69 Å². The van der Waals surface area contributed by atoms with Gasteiger partial charge in [-0.2, -0.15) is 0 Å². The summed E-state index contributed by atoms with van der Waals surface area (Å²) in [6.45, 7) is 10.1. The summed E-state index contributed by atoms with van der Waals surface area (Å²) < 4.78 is 0. The van der Waals surface area contributed by atoms with E-state index in [0.29, 0.717) is 11.4 Å². The Labute approximate surface area is 120 Å². The van der Waals surface area contributed by atoms with Crippen LogP contribution in [0.1, 0.15) is 32.8 Å². The molecule has 1 aromatic rings. The Morgan fingerprint density at radius 2 is 2.00 bits per heavy atom. The first kappa shape index (κ1) is 16.0. The average Bonchev–Trinajstić information content (AvgIpc) is 2.35. The van der Waals surface area contributed by atoms with Gasteiger partial charge in [-0.05, 0) is 38.6 Å². The number of hydrogen-bond donors (Lipinski definition) is 1. The predicted molar refractivity (Wildman–Crippen MR) is 81.8 cm³/mol. The van der Waals surface area contributed by atoms with Gasteiger partial charge in [0.15, 0.2) is 0 Å². The molecule has 0 heterocycles. The van der Waals surface area contributed by atoms with E-state index >= 15 is 0 Å². The summed E-state index contributed by atoms with van der Waals surface area (Å²) >= 11 is 6.10. The van der Waals surface area contributed by atoms with E-state index in [9.17, 15) is 4.79 Å². The van der Waals surface area contributed by atoms with Crippen LogP contribution >= 0.6 is 11.6 Å². The molecular weight excluding hydrogens is 260 g/mol. The lowest BCUT2D eigenvalue weighted by Crippen LogP contribution is -2.35. The molecule has 1 amide bonds. The summed E-state index contributed by atoms with van der Waals surface area (Å²) in [5, 5.41) is 3.50. The third-order valence-corrected chi connectivity index (χ3v) is 3.72. The van der Waals surface area contributed by atoms with Gasteiger partial charge in [0.1, 0.15) is 0 Å². The fourth-order valence-corrected chi connectivity index (χ4v) is 2.49. The van der Waals surface area contributed by atoms with Crippen molar-refractivity contribution in [2.45, 2.75) is 40.2 Å². The first-order valence-electron chi connectivity index (χ1n) is 6.78. The van der Waals surface area contributed by atoms with E-state index in [-0.39, 0.29) is 11.9 Å². The molecule has 0 aliphatic rings. The van der Waals surface area contributed by atoms with Gasteiger partial charge < -0.3 is 10.2 Å². The molecule has 0 saturated heterocycles. The maximum atomic E-state index is 12.1. The first-order valence-corrected chi connectivity index (χ1v) is 7.16. The van der Waals surface area contributed by atoms with Gasteiger partial charge in [0.25, 0.3) is 0 Å². The van der Waals surface area contributed by atoms with Crippen molar-refractivity contribution >= 4 is 23.2 Å². The molecule has 3 nitrogen and oxygen atoms in total. The molecule has 1 aromatic carbocycles. The Morgan fingerprint density at radius 3 is 2.53 bits per heavy atom. The van der Waals surface area contributed by atoms with Gasteiger partial charge in [0.2, 0.25) is 5.91 Å². The van der Waals surface area contributed by atoms with Crippen LogP contribution < -0.4 is 5.32 Å². The van der Waals surface area contributed by atoms with Crippen LogP contribution in [0, 0.1) is 6.92 Å². The van der Waals surface area contributed by atoms with Crippen molar-refractivity contribution in [1.29, 1.82) is 0 Å². The maximum Gasteiger partial charge on any atom is 0.225 e. The van der Waals surface area contributed by atoms with Crippen LogP contribution in [0.3, 0.4) is 0 Å². The molecule has 1 rings (SSSR count). The molecule has 1 N–H and O–H groups in total. The Kier molecular flexibility index (Phi) is 6.32. The maximum absolute atomic E-state index is 12.1. The number of hydrogen-bond acceptors (Lipinski definition) is 2. The van der Waals surface area contributed by atoms with E-state index in [0.717, 1.165) is 24.3 Å². The number of para-hydroxylation sites is 1. The lowest BCUT2D eigenvalue weighted by Gasteiger charge is -2.25. The lowest BCUT2D eigenvalue weighted by molar-refractivity contribution is -0.117. The van der Waals surface area contributed by atoms with Crippen molar-refractivity contribution in [2.24, 2.45) is 0 Å². The van der Waals surface area contributed by atoms with E-state index in [4.69, 9.17) is 11.6 Å². The molecule has 0 radical (unpaired) electrons. The number of amides is 1. The van der Waals surface area contributed by atoms with Crippen molar-refractivity contribution in [2.75, 3.05) is 18.4 Å². The Balaban J connectivity index is 2.65. The summed E-state index contributed by atoms with van der Waals surface area (Å²) in [5.74, 6) is 0.00981. The van der Waals surface area contributed by atoms with Gasteiger partial charge in [0.05, 0.1) is 10.7 Å². The molecule has 1 atom stereocenters. The molecule has 1 unspecified atom stereocenters.